The Balaban J connectivity index is -0.000000573. The van der Waals surface area contributed by atoms with Gasteiger partial charge in [0.25, 0.3) is 5.91 Å². The average molecular weight is 552 g/mol. The van der Waals surface area contributed by atoms with Crippen LogP contribution in [0.5, 0.6) is 0 Å². The number of likely N-dealkylation sites (tertiary alicyclic amines) is 1. The molecule has 5 amide bonds. The van der Waals surface area contributed by atoms with Crippen LogP contribution in [0.2, 0.25) is 0 Å². The van der Waals surface area contributed by atoms with Crippen LogP contribution in [0.15, 0.2) is 12.7 Å². The molecule has 0 spiro atoms. The summed E-state index contributed by atoms with van der Waals surface area (Å²) in [6.07, 6.45) is 10.8. The van der Waals surface area contributed by atoms with Gasteiger partial charge in [-0.25, -0.2) is 4.79 Å². The Hall–Kier alpha value is -3.35. The van der Waals surface area contributed by atoms with E-state index in [1.54, 1.807) is 7.05 Å². The second kappa shape index (κ2) is 23.7. The number of hydrogen-bond donors (Lipinski definition) is 4. The predicted molar refractivity (Wildman–Crippen MR) is 158 cm³/mol. The second-order valence-electron chi connectivity index (χ2n) is 9.70. The van der Waals surface area contributed by atoms with Gasteiger partial charge in [-0.1, -0.05) is 61.0 Å². The van der Waals surface area contributed by atoms with Crippen molar-refractivity contribution in [2.24, 2.45) is 5.41 Å². The molecule has 3 unspecified atom stereocenters. The summed E-state index contributed by atoms with van der Waals surface area (Å²) in [6, 6.07) is -1.39. The Labute approximate surface area is 236 Å². The fourth-order valence-corrected chi connectivity index (χ4v) is 3.29. The molecule has 0 aromatic rings. The lowest BCUT2D eigenvalue weighted by Gasteiger charge is -2.34. The third kappa shape index (κ3) is 17.7. The molecule has 0 radical (unpaired) electrons. The van der Waals surface area contributed by atoms with Crippen molar-refractivity contribution >= 4 is 30.0 Å². The Morgan fingerprint density at radius 2 is 1.74 bits per heavy atom. The third-order valence-electron chi connectivity index (χ3n) is 5.25. The van der Waals surface area contributed by atoms with Crippen LogP contribution in [-0.4, -0.2) is 73.2 Å². The number of rotatable bonds is 10. The zero-order valence-electron chi connectivity index (χ0n) is 25.6. The number of ketones is 1. The fraction of sp³-hybridized carbons (Fsp3) is 0.690. The van der Waals surface area contributed by atoms with E-state index < -0.39 is 23.8 Å². The van der Waals surface area contributed by atoms with E-state index in [9.17, 15) is 24.0 Å². The van der Waals surface area contributed by atoms with Gasteiger partial charge in [-0.3, -0.25) is 19.2 Å². The first kappa shape index (κ1) is 40.2. The molecule has 0 aliphatic carbocycles. The lowest BCUT2D eigenvalue weighted by atomic mass is 9.85. The van der Waals surface area contributed by atoms with Gasteiger partial charge in [0.05, 0.1) is 6.04 Å². The highest BCUT2D eigenvalue weighted by Crippen LogP contribution is 2.25. The normalized spacial score (nSPS) is 15.0. The van der Waals surface area contributed by atoms with E-state index in [2.05, 4.69) is 54.5 Å². The van der Waals surface area contributed by atoms with Crippen LogP contribution in [0, 0.1) is 17.8 Å². The minimum atomic E-state index is -0.863. The monoisotopic (exact) mass is 551 g/mol. The molecule has 224 valence electrons. The first-order chi connectivity index (χ1) is 18.4. The van der Waals surface area contributed by atoms with Gasteiger partial charge in [0.1, 0.15) is 6.04 Å². The van der Waals surface area contributed by atoms with Crippen LogP contribution in [0.1, 0.15) is 87.5 Å². The molecule has 1 fully saturated rings. The molecule has 1 rings (SSSR count). The highest BCUT2D eigenvalue weighted by molar-refractivity contribution is 6.38. The van der Waals surface area contributed by atoms with E-state index in [0.29, 0.717) is 12.8 Å². The molecule has 1 aliphatic heterocycles. The first-order valence-corrected chi connectivity index (χ1v) is 13.7. The molecule has 1 aliphatic rings. The van der Waals surface area contributed by atoms with E-state index in [-0.39, 0.29) is 36.4 Å². The fourth-order valence-electron chi connectivity index (χ4n) is 3.29. The van der Waals surface area contributed by atoms with Gasteiger partial charge in [-0.15, -0.1) is 18.9 Å². The molecule has 10 heteroatoms. The summed E-state index contributed by atoms with van der Waals surface area (Å²) < 4.78 is 0. The number of terminal acetylenes is 1. The second-order valence-corrected chi connectivity index (χ2v) is 9.70. The number of nitrogens with zero attached hydrogens (tertiary/aromatic N) is 1. The number of nitrogens with one attached hydrogen (secondary N) is 4. The molecule has 0 bridgehead atoms. The van der Waals surface area contributed by atoms with E-state index in [4.69, 9.17) is 6.42 Å². The maximum absolute atomic E-state index is 12.5. The van der Waals surface area contributed by atoms with E-state index in [1.807, 2.05) is 39.5 Å². The molecular weight excluding hydrogens is 498 g/mol. The number of Topliss-reactive ketones (excluding diaryl/α,β-unsaturated/α-hetero) is 1. The van der Waals surface area contributed by atoms with Crippen LogP contribution >= 0.6 is 0 Å². The van der Waals surface area contributed by atoms with E-state index >= 15 is 0 Å². The molecule has 0 aromatic heterocycles. The van der Waals surface area contributed by atoms with Crippen LogP contribution < -0.4 is 21.3 Å². The zero-order valence-corrected chi connectivity index (χ0v) is 25.6. The zero-order chi connectivity index (χ0) is 31.0. The van der Waals surface area contributed by atoms with E-state index in [0.717, 1.165) is 19.4 Å². The van der Waals surface area contributed by atoms with Gasteiger partial charge in [0, 0.05) is 32.6 Å². The number of urea groups is 1. The standard InChI is InChI=1S/C13H25N3O2.C11H14N2O3.C3H8.C2H6/c1-9-7-6-8-16(9)11(17)10(13(2,3)4)15-12(18)14-5;1-3-5-6-9(13-8-14)10(15)11(16)12-7-4-2;1-3-2;1-2/h9-10H,6-8H2,1-5H3,(H2,14,15,18);1,4,8-9H,2,5-7H2,(H,12,16)(H,13,14);3H2,1-2H3;1-2H3. The third-order valence-corrected chi connectivity index (χ3v) is 5.25. The molecular formula is C29H53N5O5. The Morgan fingerprint density at radius 3 is 2.13 bits per heavy atom. The highest BCUT2D eigenvalue weighted by atomic mass is 16.2. The van der Waals surface area contributed by atoms with Gasteiger partial charge >= 0.3 is 6.03 Å². The quantitative estimate of drug-likeness (QED) is 0.143. The van der Waals surface area contributed by atoms with Gasteiger partial charge in [-0.05, 0) is 31.6 Å². The smallest absolute Gasteiger partial charge is 0.315 e. The Kier molecular flexibility index (Phi) is 24.4. The topological polar surface area (TPSA) is 137 Å². The van der Waals surface area contributed by atoms with Gasteiger partial charge in [-0.2, -0.15) is 0 Å². The lowest BCUT2D eigenvalue weighted by molar-refractivity contribution is -0.139. The minimum Gasteiger partial charge on any atom is -0.348 e. The molecule has 0 aromatic carbocycles. The SMILES string of the molecule is C#CCCC(NC=O)C(=O)C(=O)NCC=C.CC.CCC.CNC(=O)NC(C(=O)N1CCCC1C)C(C)(C)C. The summed E-state index contributed by atoms with van der Waals surface area (Å²) in [6.45, 7) is 20.6. The molecule has 10 nitrogen and oxygen atoms in total. The summed E-state index contributed by atoms with van der Waals surface area (Å²) in [7, 11) is 1.55. The number of carbonyl (C=O) groups is 5. The summed E-state index contributed by atoms with van der Waals surface area (Å²) in [5.41, 5.74) is -0.300. The summed E-state index contributed by atoms with van der Waals surface area (Å²) in [4.78, 5) is 58.9. The maximum Gasteiger partial charge on any atom is 0.315 e. The van der Waals surface area contributed by atoms with Crippen molar-refractivity contribution in [2.75, 3.05) is 20.1 Å². The van der Waals surface area contributed by atoms with Crippen LogP contribution in [0.4, 0.5) is 4.79 Å². The predicted octanol–water partition coefficient (Wildman–Crippen LogP) is 3.17. The molecule has 39 heavy (non-hydrogen) atoms. The summed E-state index contributed by atoms with van der Waals surface area (Å²) in [5.74, 6) is 0.904. The van der Waals surface area contributed by atoms with E-state index in [1.165, 1.54) is 12.5 Å². The molecule has 0 saturated carbocycles. The number of carbonyl (C=O) groups excluding carboxylic acids is 5. The average Bonchev–Trinajstić information content (AvgIpc) is 3.34. The lowest BCUT2D eigenvalue weighted by Crippen LogP contribution is -2.56. The molecule has 1 heterocycles. The van der Waals surface area contributed by atoms with Crippen molar-refractivity contribution in [3.63, 3.8) is 0 Å². The van der Waals surface area contributed by atoms with Gasteiger partial charge in [0.2, 0.25) is 18.1 Å². The van der Waals surface area contributed by atoms with Gasteiger partial charge in [0.15, 0.2) is 0 Å². The largest absolute Gasteiger partial charge is 0.348 e. The molecule has 1 saturated heterocycles. The number of hydrogen-bond acceptors (Lipinski definition) is 5. The summed E-state index contributed by atoms with van der Waals surface area (Å²) >= 11 is 0. The van der Waals surface area contributed by atoms with Crippen molar-refractivity contribution < 1.29 is 24.0 Å². The minimum absolute atomic E-state index is 0.0242. The molecule has 4 N–H and O–H groups in total. The van der Waals surface area contributed by atoms with Crippen molar-refractivity contribution in [1.29, 1.82) is 0 Å². The van der Waals surface area contributed by atoms with Crippen LogP contribution in [0.25, 0.3) is 0 Å². The summed E-state index contributed by atoms with van der Waals surface area (Å²) in [5, 5.41) is 9.86. The first-order valence-electron chi connectivity index (χ1n) is 13.7. The van der Waals surface area contributed by atoms with Gasteiger partial charge < -0.3 is 26.2 Å². The number of amides is 5. The maximum atomic E-state index is 12.5. The van der Waals surface area contributed by atoms with Crippen molar-refractivity contribution in [3.8, 4) is 12.3 Å². The van der Waals surface area contributed by atoms with Crippen molar-refractivity contribution in [1.82, 2.24) is 26.2 Å². The highest BCUT2D eigenvalue weighted by Gasteiger charge is 2.38. The Bertz CT molecular complexity index is 786. The molecule has 3 atom stereocenters. The van der Waals surface area contributed by atoms with Crippen LogP contribution in [0.3, 0.4) is 0 Å². The van der Waals surface area contributed by atoms with Crippen molar-refractivity contribution in [3.05, 3.63) is 12.7 Å². The van der Waals surface area contributed by atoms with Crippen molar-refractivity contribution in [2.45, 2.75) is 106 Å². The van der Waals surface area contributed by atoms with Crippen LogP contribution in [-0.2, 0) is 19.2 Å². The Morgan fingerprint density at radius 1 is 1.18 bits per heavy atom.